The second-order valence-electron chi connectivity index (χ2n) is 4.70. The molecular weight excluding hydrogens is 241 g/mol. The lowest BCUT2D eigenvalue weighted by Gasteiger charge is -2.13. The van der Waals surface area contributed by atoms with Crippen LogP contribution in [0.2, 0.25) is 0 Å². The lowest BCUT2D eigenvalue weighted by Crippen LogP contribution is -2.13. The molecule has 98 valence electrons. The van der Waals surface area contributed by atoms with Crippen LogP contribution < -0.4 is 5.32 Å². The summed E-state index contributed by atoms with van der Waals surface area (Å²) in [6.07, 6.45) is 0. The highest BCUT2D eigenvalue weighted by Gasteiger charge is 2.10. The van der Waals surface area contributed by atoms with Crippen molar-refractivity contribution in [3.05, 3.63) is 65.5 Å². The number of rotatable bonds is 3. The molecule has 0 unspecified atom stereocenters. The van der Waals surface area contributed by atoms with Gasteiger partial charge in [-0.3, -0.25) is 4.79 Å². The molecule has 0 spiro atoms. The Kier molecular flexibility index (Phi) is 3.95. The summed E-state index contributed by atoms with van der Waals surface area (Å²) in [6.45, 7) is 4.14. The molecule has 2 aromatic carbocycles. The molecule has 19 heavy (non-hydrogen) atoms. The summed E-state index contributed by atoms with van der Waals surface area (Å²) in [7, 11) is 0. The van der Waals surface area contributed by atoms with Crippen LogP contribution in [0.5, 0.6) is 0 Å². The predicted octanol–water partition coefficient (Wildman–Crippen LogP) is 4.20. The molecule has 0 fully saturated rings. The molecule has 0 saturated heterocycles. The van der Waals surface area contributed by atoms with Gasteiger partial charge in [-0.1, -0.05) is 32.0 Å². The second kappa shape index (κ2) is 5.65. The van der Waals surface area contributed by atoms with Crippen LogP contribution in [0.3, 0.4) is 0 Å². The van der Waals surface area contributed by atoms with Crippen molar-refractivity contribution in [2.75, 3.05) is 5.32 Å². The molecule has 0 saturated carbocycles. The first-order valence-corrected chi connectivity index (χ1v) is 6.24. The van der Waals surface area contributed by atoms with Crippen molar-refractivity contribution in [3.63, 3.8) is 0 Å². The van der Waals surface area contributed by atoms with Gasteiger partial charge in [0.2, 0.25) is 0 Å². The van der Waals surface area contributed by atoms with Gasteiger partial charge in [-0.05, 0) is 41.8 Å². The average Bonchev–Trinajstić information content (AvgIpc) is 2.39. The van der Waals surface area contributed by atoms with Crippen LogP contribution in [0.4, 0.5) is 10.1 Å². The third-order valence-corrected chi connectivity index (χ3v) is 2.94. The molecule has 0 aliphatic carbocycles. The first-order chi connectivity index (χ1) is 9.08. The minimum atomic E-state index is -0.348. The van der Waals surface area contributed by atoms with Gasteiger partial charge >= 0.3 is 0 Å². The van der Waals surface area contributed by atoms with Crippen LogP contribution in [0.1, 0.15) is 35.7 Å². The van der Waals surface area contributed by atoms with Crippen molar-refractivity contribution in [1.29, 1.82) is 0 Å². The van der Waals surface area contributed by atoms with E-state index in [1.807, 2.05) is 24.3 Å². The number of hydrogen-bond acceptors (Lipinski definition) is 1. The second-order valence-corrected chi connectivity index (χ2v) is 4.70. The largest absolute Gasteiger partial charge is 0.322 e. The molecule has 0 aliphatic heterocycles. The lowest BCUT2D eigenvalue weighted by atomic mass is 10.0. The van der Waals surface area contributed by atoms with Crippen molar-refractivity contribution < 1.29 is 9.18 Å². The molecule has 0 heterocycles. The molecule has 0 aromatic heterocycles. The minimum absolute atomic E-state index is 0.229. The van der Waals surface area contributed by atoms with E-state index in [4.69, 9.17) is 0 Å². The molecule has 3 heteroatoms. The first kappa shape index (κ1) is 13.3. The van der Waals surface area contributed by atoms with E-state index in [2.05, 4.69) is 19.2 Å². The number of hydrogen-bond donors (Lipinski definition) is 1. The van der Waals surface area contributed by atoms with Crippen molar-refractivity contribution in [1.82, 2.24) is 0 Å². The Hall–Kier alpha value is -2.16. The highest BCUT2D eigenvalue weighted by atomic mass is 19.1. The Labute approximate surface area is 112 Å². The highest BCUT2D eigenvalue weighted by Crippen LogP contribution is 2.24. The smallest absolute Gasteiger partial charge is 0.255 e. The number of para-hydroxylation sites is 1. The van der Waals surface area contributed by atoms with E-state index in [-0.39, 0.29) is 11.7 Å². The van der Waals surface area contributed by atoms with Crippen LogP contribution in [0.25, 0.3) is 0 Å². The van der Waals surface area contributed by atoms with Gasteiger partial charge in [-0.25, -0.2) is 4.39 Å². The van der Waals surface area contributed by atoms with E-state index < -0.39 is 0 Å². The quantitative estimate of drug-likeness (QED) is 0.877. The molecule has 0 atom stereocenters. The zero-order valence-electron chi connectivity index (χ0n) is 11.0. The number of anilines is 1. The Bertz CT molecular complexity index is 576. The van der Waals surface area contributed by atoms with Gasteiger partial charge in [0.15, 0.2) is 0 Å². The number of benzene rings is 2. The Morgan fingerprint density at radius 1 is 1.05 bits per heavy atom. The van der Waals surface area contributed by atoms with Gasteiger partial charge in [0.25, 0.3) is 5.91 Å². The number of carbonyl (C=O) groups is 1. The summed E-state index contributed by atoms with van der Waals surface area (Å²) < 4.78 is 12.8. The average molecular weight is 257 g/mol. The zero-order chi connectivity index (χ0) is 13.8. The van der Waals surface area contributed by atoms with Gasteiger partial charge < -0.3 is 5.32 Å². The van der Waals surface area contributed by atoms with Crippen molar-refractivity contribution in [2.24, 2.45) is 0 Å². The maximum atomic E-state index is 12.8. The van der Waals surface area contributed by atoms with E-state index in [1.165, 1.54) is 24.3 Å². The molecule has 2 nitrogen and oxygen atoms in total. The normalized spacial score (nSPS) is 10.5. The fourth-order valence-corrected chi connectivity index (χ4v) is 1.91. The van der Waals surface area contributed by atoms with E-state index in [1.54, 1.807) is 0 Å². The van der Waals surface area contributed by atoms with Crippen LogP contribution >= 0.6 is 0 Å². The third kappa shape index (κ3) is 3.19. The first-order valence-electron chi connectivity index (χ1n) is 6.24. The molecule has 2 aromatic rings. The summed E-state index contributed by atoms with van der Waals surface area (Å²) in [4.78, 5) is 12.1. The van der Waals surface area contributed by atoms with Crippen LogP contribution in [0, 0.1) is 5.82 Å². The maximum absolute atomic E-state index is 12.8. The van der Waals surface area contributed by atoms with E-state index in [0.717, 1.165) is 11.3 Å². The lowest BCUT2D eigenvalue weighted by molar-refractivity contribution is 0.102. The summed E-state index contributed by atoms with van der Waals surface area (Å²) in [5.74, 6) is -0.253. The highest BCUT2D eigenvalue weighted by molar-refractivity contribution is 6.04. The third-order valence-electron chi connectivity index (χ3n) is 2.94. The van der Waals surface area contributed by atoms with Gasteiger partial charge in [0.1, 0.15) is 5.82 Å². The monoisotopic (exact) mass is 257 g/mol. The number of carbonyl (C=O) groups excluding carboxylic acids is 1. The standard InChI is InChI=1S/C16H16FNO/c1-11(2)14-5-3-4-6-15(14)18-16(19)12-7-9-13(17)10-8-12/h3-11H,1-2H3,(H,18,19). The SMILES string of the molecule is CC(C)c1ccccc1NC(=O)c1ccc(F)cc1. The van der Waals surface area contributed by atoms with Crippen LogP contribution in [-0.2, 0) is 0 Å². The summed E-state index contributed by atoms with van der Waals surface area (Å²) in [5, 5.41) is 2.87. The summed E-state index contributed by atoms with van der Waals surface area (Å²) in [5.41, 5.74) is 2.32. The summed E-state index contributed by atoms with van der Waals surface area (Å²) >= 11 is 0. The molecule has 2 rings (SSSR count). The molecule has 0 bridgehead atoms. The van der Waals surface area contributed by atoms with Crippen LogP contribution in [0.15, 0.2) is 48.5 Å². The molecule has 1 N–H and O–H groups in total. The Morgan fingerprint density at radius 3 is 2.32 bits per heavy atom. The van der Waals surface area contributed by atoms with E-state index in [9.17, 15) is 9.18 Å². The van der Waals surface area contributed by atoms with Gasteiger partial charge in [0, 0.05) is 11.3 Å². The summed E-state index contributed by atoms with van der Waals surface area (Å²) in [6, 6.07) is 13.2. The van der Waals surface area contributed by atoms with Gasteiger partial charge in [-0.2, -0.15) is 0 Å². The van der Waals surface area contributed by atoms with Gasteiger partial charge in [-0.15, -0.1) is 0 Å². The topological polar surface area (TPSA) is 29.1 Å². The maximum Gasteiger partial charge on any atom is 0.255 e. The van der Waals surface area contributed by atoms with Crippen molar-refractivity contribution >= 4 is 11.6 Å². The van der Waals surface area contributed by atoms with E-state index in [0.29, 0.717) is 11.5 Å². The van der Waals surface area contributed by atoms with Crippen molar-refractivity contribution in [2.45, 2.75) is 19.8 Å². The number of amides is 1. The molecule has 1 amide bonds. The van der Waals surface area contributed by atoms with E-state index >= 15 is 0 Å². The molecular formula is C16H16FNO. The Morgan fingerprint density at radius 2 is 1.68 bits per heavy atom. The van der Waals surface area contributed by atoms with Crippen LogP contribution in [-0.4, -0.2) is 5.91 Å². The molecule has 0 radical (unpaired) electrons. The minimum Gasteiger partial charge on any atom is -0.322 e. The van der Waals surface area contributed by atoms with Gasteiger partial charge in [0.05, 0.1) is 0 Å². The number of halogens is 1. The zero-order valence-corrected chi connectivity index (χ0v) is 11.0. The Balaban J connectivity index is 2.22. The van der Waals surface area contributed by atoms with Crippen molar-refractivity contribution in [3.8, 4) is 0 Å². The predicted molar refractivity (Wildman–Crippen MR) is 74.9 cm³/mol. The fraction of sp³-hybridized carbons (Fsp3) is 0.188. The number of nitrogens with one attached hydrogen (secondary N) is 1. The fourth-order valence-electron chi connectivity index (χ4n) is 1.91. The molecule has 0 aliphatic rings.